The molecule has 0 atom stereocenters. The molecule has 94 valence electrons. The third-order valence-electron chi connectivity index (χ3n) is 2.67. The Kier molecular flexibility index (Phi) is 2.77. The summed E-state index contributed by atoms with van der Waals surface area (Å²) in [5.74, 6) is 8.54. The maximum atomic E-state index is 5.39. The Morgan fingerprint density at radius 3 is 2.83 bits per heavy atom. The largest absolute Gasteiger partial charge is 0.362 e. The molecule has 0 aliphatic heterocycles. The van der Waals surface area contributed by atoms with E-state index in [9.17, 15) is 0 Å². The third kappa shape index (κ3) is 2.38. The van der Waals surface area contributed by atoms with Crippen molar-refractivity contribution in [2.45, 2.75) is 25.3 Å². The van der Waals surface area contributed by atoms with E-state index in [4.69, 9.17) is 5.84 Å². The van der Waals surface area contributed by atoms with Gasteiger partial charge in [0, 0.05) is 12.0 Å². The monoisotopic (exact) mass is 247 g/mol. The molecule has 0 radical (unpaired) electrons. The predicted molar refractivity (Wildman–Crippen MR) is 63.4 cm³/mol. The van der Waals surface area contributed by atoms with E-state index >= 15 is 0 Å². The first-order valence-electron chi connectivity index (χ1n) is 5.70. The van der Waals surface area contributed by atoms with Gasteiger partial charge in [-0.15, -0.1) is 0 Å². The highest BCUT2D eigenvalue weighted by Crippen LogP contribution is 2.38. The van der Waals surface area contributed by atoms with Crippen molar-refractivity contribution in [2.75, 3.05) is 10.7 Å². The SMILES string of the molecule is NNc1cc(NCc2ncon2)nc(C2CC2)n1. The van der Waals surface area contributed by atoms with Gasteiger partial charge < -0.3 is 15.3 Å². The number of rotatable bonds is 5. The number of aromatic nitrogens is 4. The Labute approximate surface area is 103 Å². The van der Waals surface area contributed by atoms with Gasteiger partial charge in [-0.1, -0.05) is 5.16 Å². The summed E-state index contributed by atoms with van der Waals surface area (Å²) in [5.41, 5.74) is 2.54. The van der Waals surface area contributed by atoms with E-state index in [1.54, 1.807) is 6.07 Å². The molecule has 8 heteroatoms. The van der Waals surface area contributed by atoms with Crippen LogP contribution in [0.15, 0.2) is 17.0 Å². The topological polar surface area (TPSA) is 115 Å². The lowest BCUT2D eigenvalue weighted by Gasteiger charge is -2.07. The van der Waals surface area contributed by atoms with Gasteiger partial charge in [0.1, 0.15) is 17.5 Å². The van der Waals surface area contributed by atoms with E-state index < -0.39 is 0 Å². The molecule has 0 spiro atoms. The average Bonchev–Trinajstić information content (AvgIpc) is 3.13. The minimum absolute atomic E-state index is 0.446. The van der Waals surface area contributed by atoms with E-state index in [0.29, 0.717) is 29.9 Å². The lowest BCUT2D eigenvalue weighted by molar-refractivity contribution is 0.411. The maximum Gasteiger partial charge on any atom is 0.213 e. The second-order valence-electron chi connectivity index (χ2n) is 4.12. The summed E-state index contributed by atoms with van der Waals surface area (Å²) in [7, 11) is 0. The molecule has 8 nitrogen and oxygen atoms in total. The van der Waals surface area contributed by atoms with Gasteiger partial charge >= 0.3 is 0 Å². The Hall–Kier alpha value is -2.22. The minimum Gasteiger partial charge on any atom is -0.362 e. The van der Waals surface area contributed by atoms with Crippen molar-refractivity contribution < 1.29 is 4.52 Å². The molecular weight excluding hydrogens is 234 g/mol. The molecule has 1 aliphatic carbocycles. The second-order valence-corrected chi connectivity index (χ2v) is 4.12. The van der Waals surface area contributed by atoms with Crippen LogP contribution in [0, 0.1) is 0 Å². The minimum atomic E-state index is 0.446. The van der Waals surface area contributed by atoms with Gasteiger partial charge in [-0.2, -0.15) is 4.98 Å². The van der Waals surface area contributed by atoms with Crippen LogP contribution in [0.5, 0.6) is 0 Å². The van der Waals surface area contributed by atoms with Gasteiger partial charge in [-0.25, -0.2) is 15.8 Å². The molecule has 2 heterocycles. The normalized spacial score (nSPS) is 14.5. The van der Waals surface area contributed by atoms with Crippen LogP contribution in [0.25, 0.3) is 0 Å². The molecule has 0 amide bonds. The van der Waals surface area contributed by atoms with Crippen molar-refractivity contribution in [3.05, 3.63) is 24.1 Å². The van der Waals surface area contributed by atoms with Crippen LogP contribution in [-0.4, -0.2) is 20.1 Å². The Bertz CT molecular complexity index is 523. The fraction of sp³-hybridized carbons (Fsp3) is 0.400. The Balaban J connectivity index is 1.75. The van der Waals surface area contributed by atoms with Gasteiger partial charge in [-0.05, 0) is 12.8 Å². The molecule has 1 saturated carbocycles. The van der Waals surface area contributed by atoms with Gasteiger partial charge in [0.15, 0.2) is 5.82 Å². The van der Waals surface area contributed by atoms with E-state index in [1.165, 1.54) is 6.39 Å². The summed E-state index contributed by atoms with van der Waals surface area (Å²) in [4.78, 5) is 12.7. The van der Waals surface area contributed by atoms with Gasteiger partial charge in [-0.3, -0.25) is 0 Å². The Morgan fingerprint density at radius 2 is 2.17 bits per heavy atom. The summed E-state index contributed by atoms with van der Waals surface area (Å²) in [6.07, 6.45) is 3.57. The maximum absolute atomic E-state index is 5.39. The van der Waals surface area contributed by atoms with Crippen molar-refractivity contribution in [1.29, 1.82) is 0 Å². The fourth-order valence-electron chi connectivity index (χ4n) is 1.59. The highest BCUT2D eigenvalue weighted by Gasteiger charge is 2.27. The van der Waals surface area contributed by atoms with Crippen LogP contribution < -0.4 is 16.6 Å². The molecule has 3 rings (SSSR count). The van der Waals surface area contributed by atoms with Crippen LogP contribution in [0.3, 0.4) is 0 Å². The number of hydrazine groups is 1. The van der Waals surface area contributed by atoms with Crippen LogP contribution >= 0.6 is 0 Å². The second kappa shape index (κ2) is 4.57. The van der Waals surface area contributed by atoms with Gasteiger partial charge in [0.25, 0.3) is 0 Å². The first kappa shape index (κ1) is 10.9. The summed E-state index contributed by atoms with van der Waals surface area (Å²) < 4.78 is 4.65. The van der Waals surface area contributed by atoms with Gasteiger partial charge in [0.2, 0.25) is 6.39 Å². The number of nitrogens with two attached hydrogens (primary N) is 1. The number of nitrogen functional groups attached to an aromatic ring is 1. The summed E-state index contributed by atoms with van der Waals surface area (Å²) >= 11 is 0. The van der Waals surface area contributed by atoms with E-state index in [1.807, 2.05) is 0 Å². The predicted octanol–water partition coefficient (Wildman–Crippen LogP) is 0.635. The standard InChI is InChI=1S/C10H13N7O/c11-16-8-3-7(12-4-9-13-5-18-17-9)14-10(15-8)6-1-2-6/h3,5-6H,1-2,4,11H2,(H2,12,14,15,16). The first-order chi connectivity index (χ1) is 8.85. The number of anilines is 2. The Morgan fingerprint density at radius 1 is 1.33 bits per heavy atom. The molecule has 0 saturated heterocycles. The van der Waals surface area contributed by atoms with E-state index in [0.717, 1.165) is 18.7 Å². The number of nitrogens with one attached hydrogen (secondary N) is 2. The summed E-state index contributed by atoms with van der Waals surface area (Å²) in [6.45, 7) is 0.446. The molecule has 18 heavy (non-hydrogen) atoms. The highest BCUT2D eigenvalue weighted by molar-refractivity contribution is 5.47. The van der Waals surface area contributed by atoms with Crippen molar-refractivity contribution in [2.24, 2.45) is 5.84 Å². The van der Waals surface area contributed by atoms with Gasteiger partial charge in [0.05, 0.1) is 6.54 Å². The number of hydrogen-bond acceptors (Lipinski definition) is 8. The molecular formula is C10H13N7O. The average molecular weight is 247 g/mol. The highest BCUT2D eigenvalue weighted by atomic mass is 16.5. The number of nitrogens with zero attached hydrogens (tertiary/aromatic N) is 4. The molecule has 1 fully saturated rings. The smallest absolute Gasteiger partial charge is 0.213 e. The summed E-state index contributed by atoms with van der Waals surface area (Å²) in [6, 6.07) is 1.74. The molecule has 1 aliphatic rings. The van der Waals surface area contributed by atoms with Crippen LogP contribution in [0.2, 0.25) is 0 Å². The first-order valence-corrected chi connectivity index (χ1v) is 5.70. The zero-order valence-corrected chi connectivity index (χ0v) is 9.63. The summed E-state index contributed by atoms with van der Waals surface area (Å²) in [5, 5.41) is 6.82. The lowest BCUT2D eigenvalue weighted by atomic mass is 10.3. The zero-order chi connectivity index (χ0) is 12.4. The molecule has 0 bridgehead atoms. The van der Waals surface area contributed by atoms with Crippen LogP contribution in [0.1, 0.15) is 30.4 Å². The van der Waals surface area contributed by atoms with E-state index in [-0.39, 0.29) is 0 Å². The molecule has 4 N–H and O–H groups in total. The van der Waals surface area contributed by atoms with E-state index in [2.05, 4.69) is 35.4 Å². The molecule has 0 unspecified atom stereocenters. The third-order valence-corrected chi connectivity index (χ3v) is 2.67. The van der Waals surface area contributed by atoms with Crippen molar-refractivity contribution in [3.63, 3.8) is 0 Å². The molecule has 0 aromatic carbocycles. The van der Waals surface area contributed by atoms with Crippen molar-refractivity contribution >= 4 is 11.6 Å². The number of hydrogen-bond donors (Lipinski definition) is 3. The fourth-order valence-corrected chi connectivity index (χ4v) is 1.59. The molecule has 2 aromatic rings. The zero-order valence-electron chi connectivity index (χ0n) is 9.63. The molecule has 2 aromatic heterocycles. The van der Waals surface area contributed by atoms with Crippen molar-refractivity contribution in [1.82, 2.24) is 20.1 Å². The lowest BCUT2D eigenvalue weighted by Crippen LogP contribution is -2.12. The van der Waals surface area contributed by atoms with Crippen LogP contribution in [-0.2, 0) is 6.54 Å². The van der Waals surface area contributed by atoms with Crippen LogP contribution in [0.4, 0.5) is 11.6 Å². The van der Waals surface area contributed by atoms with Crippen molar-refractivity contribution in [3.8, 4) is 0 Å². The quantitative estimate of drug-likeness (QED) is 0.520.